The van der Waals surface area contributed by atoms with Crippen molar-refractivity contribution < 1.29 is 33.1 Å². The van der Waals surface area contributed by atoms with Gasteiger partial charge in [0.25, 0.3) is 11.8 Å². The highest BCUT2D eigenvalue weighted by Crippen LogP contribution is 2.27. The van der Waals surface area contributed by atoms with Gasteiger partial charge in [0, 0.05) is 0 Å². The van der Waals surface area contributed by atoms with Crippen LogP contribution in [0.2, 0.25) is 5.02 Å². The van der Waals surface area contributed by atoms with Crippen molar-refractivity contribution in [3.8, 4) is 0 Å². The Morgan fingerprint density at radius 2 is 1.79 bits per heavy atom. The number of carbonyl (C=O) groups is 4. The third-order valence-corrected chi connectivity index (χ3v) is 3.82. The Balaban J connectivity index is 2.12. The molecule has 0 aliphatic carbocycles. The topological polar surface area (TPSA) is 138 Å². The van der Waals surface area contributed by atoms with E-state index in [2.05, 4.69) is 5.32 Å². The van der Waals surface area contributed by atoms with Crippen LogP contribution >= 0.6 is 11.6 Å². The molecule has 0 spiro atoms. The highest BCUT2D eigenvalue weighted by Gasteiger charge is 2.29. The summed E-state index contributed by atoms with van der Waals surface area (Å²) in [6.07, 6.45) is 0. The van der Waals surface area contributed by atoms with Gasteiger partial charge in [0.05, 0.1) is 17.2 Å². The molecule has 0 aliphatic heterocycles. The molecule has 2 aromatic rings. The fraction of sp³-hybridized carbons (Fsp3) is 0.222. The minimum Gasteiger partial charge on any atom is -0.462 e. The van der Waals surface area contributed by atoms with Crippen LogP contribution in [0.3, 0.4) is 0 Å². The fourth-order valence-corrected chi connectivity index (χ4v) is 2.53. The van der Waals surface area contributed by atoms with Crippen LogP contribution in [0.5, 0.6) is 0 Å². The average Bonchev–Trinajstić information content (AvgIpc) is 2.96. The van der Waals surface area contributed by atoms with Crippen LogP contribution in [0.25, 0.3) is 0 Å². The van der Waals surface area contributed by atoms with Crippen molar-refractivity contribution >= 4 is 41.2 Å². The van der Waals surface area contributed by atoms with Gasteiger partial charge in [-0.25, -0.2) is 9.59 Å². The number of anilines is 1. The third kappa shape index (κ3) is 4.68. The summed E-state index contributed by atoms with van der Waals surface area (Å²) in [7, 11) is 0. The number of furan rings is 1. The second-order valence-electron chi connectivity index (χ2n) is 5.43. The van der Waals surface area contributed by atoms with E-state index in [1.165, 1.54) is 19.1 Å². The molecule has 10 heteroatoms. The molecule has 0 radical (unpaired) electrons. The van der Waals surface area contributed by atoms with Gasteiger partial charge in [-0.15, -0.1) is 0 Å². The number of amides is 2. The van der Waals surface area contributed by atoms with Gasteiger partial charge in [-0.1, -0.05) is 23.7 Å². The number of nitrogens with two attached hydrogens (primary N) is 1. The number of ether oxygens (including phenoxy) is 2. The van der Waals surface area contributed by atoms with Gasteiger partial charge in [0.15, 0.2) is 6.61 Å². The highest BCUT2D eigenvalue weighted by molar-refractivity contribution is 6.33. The first-order chi connectivity index (χ1) is 13.3. The normalized spacial score (nSPS) is 10.2. The van der Waals surface area contributed by atoms with Gasteiger partial charge >= 0.3 is 11.9 Å². The summed E-state index contributed by atoms with van der Waals surface area (Å²) in [5, 5.41) is 2.42. The first-order valence-corrected chi connectivity index (χ1v) is 8.45. The van der Waals surface area contributed by atoms with Gasteiger partial charge in [-0.05, 0) is 26.0 Å². The van der Waals surface area contributed by atoms with Crippen LogP contribution in [0.15, 0.2) is 28.7 Å². The van der Waals surface area contributed by atoms with Gasteiger partial charge in [-0.3, -0.25) is 14.9 Å². The molecule has 0 bridgehead atoms. The number of carbonyl (C=O) groups excluding carboxylic acids is 4. The molecule has 3 N–H and O–H groups in total. The number of benzene rings is 1. The maximum atomic E-state index is 12.1. The van der Waals surface area contributed by atoms with Crippen LogP contribution < -0.4 is 11.1 Å². The molecule has 0 aliphatic rings. The van der Waals surface area contributed by atoms with Gasteiger partial charge in [0.2, 0.25) is 5.88 Å². The van der Waals surface area contributed by atoms with Crippen molar-refractivity contribution in [1.29, 1.82) is 0 Å². The smallest absolute Gasteiger partial charge is 0.342 e. The van der Waals surface area contributed by atoms with E-state index in [9.17, 15) is 19.2 Å². The number of esters is 2. The molecule has 0 fully saturated rings. The monoisotopic (exact) mass is 408 g/mol. The zero-order valence-corrected chi connectivity index (χ0v) is 15.8. The quantitative estimate of drug-likeness (QED) is 0.670. The Hall–Kier alpha value is -3.33. The van der Waals surface area contributed by atoms with Crippen molar-refractivity contribution in [2.24, 2.45) is 5.73 Å². The van der Waals surface area contributed by atoms with Crippen LogP contribution in [0, 0.1) is 6.92 Å². The summed E-state index contributed by atoms with van der Waals surface area (Å²) in [4.78, 5) is 47.8. The van der Waals surface area contributed by atoms with Crippen molar-refractivity contribution in [1.82, 2.24) is 0 Å². The Morgan fingerprint density at radius 1 is 1.11 bits per heavy atom. The summed E-state index contributed by atoms with van der Waals surface area (Å²) in [6, 6.07) is 6.16. The predicted molar refractivity (Wildman–Crippen MR) is 98.3 cm³/mol. The average molecular weight is 409 g/mol. The third-order valence-electron chi connectivity index (χ3n) is 3.49. The van der Waals surface area contributed by atoms with E-state index in [0.29, 0.717) is 0 Å². The first kappa shape index (κ1) is 21.0. The first-order valence-electron chi connectivity index (χ1n) is 8.08. The number of halogens is 1. The number of aryl methyl sites for hydroxylation is 1. The van der Waals surface area contributed by atoms with Crippen LogP contribution in [-0.2, 0) is 14.3 Å². The molecule has 1 aromatic carbocycles. The molecule has 0 atom stereocenters. The van der Waals surface area contributed by atoms with E-state index in [1.807, 2.05) is 0 Å². The van der Waals surface area contributed by atoms with Crippen molar-refractivity contribution in [2.45, 2.75) is 13.8 Å². The SMILES string of the molecule is CCOC(=O)c1c(C)oc(NC(=O)COC(=O)c2ccccc2Cl)c1C(N)=O. The zero-order chi connectivity index (χ0) is 20.8. The minimum absolute atomic E-state index is 0.0376. The number of hydrogen-bond acceptors (Lipinski definition) is 7. The van der Waals surface area contributed by atoms with Crippen molar-refractivity contribution in [3.63, 3.8) is 0 Å². The molecule has 0 saturated carbocycles. The predicted octanol–water partition coefficient (Wildman–Crippen LogP) is 2.31. The molecule has 2 rings (SSSR count). The number of primary amides is 1. The van der Waals surface area contributed by atoms with E-state index >= 15 is 0 Å². The number of nitrogens with one attached hydrogen (secondary N) is 1. The van der Waals surface area contributed by atoms with Crippen LogP contribution in [0.1, 0.15) is 43.8 Å². The lowest BCUT2D eigenvalue weighted by Crippen LogP contribution is -2.23. The van der Waals surface area contributed by atoms with E-state index in [4.69, 9.17) is 31.2 Å². The Kier molecular flexibility index (Phi) is 6.78. The molecular weight excluding hydrogens is 392 g/mol. The van der Waals surface area contributed by atoms with E-state index < -0.39 is 30.4 Å². The summed E-state index contributed by atoms with van der Waals surface area (Å²) in [6.45, 7) is 2.39. The lowest BCUT2D eigenvalue weighted by atomic mass is 10.1. The molecule has 148 valence electrons. The maximum absolute atomic E-state index is 12.1. The molecule has 28 heavy (non-hydrogen) atoms. The second-order valence-corrected chi connectivity index (χ2v) is 5.83. The highest BCUT2D eigenvalue weighted by atomic mass is 35.5. The largest absolute Gasteiger partial charge is 0.462 e. The summed E-state index contributed by atoms with van der Waals surface area (Å²) < 4.78 is 15.0. The van der Waals surface area contributed by atoms with Gasteiger partial charge < -0.3 is 19.6 Å². The molecule has 0 unspecified atom stereocenters. The van der Waals surface area contributed by atoms with Crippen LogP contribution in [-0.4, -0.2) is 37.0 Å². The lowest BCUT2D eigenvalue weighted by Gasteiger charge is -2.07. The van der Waals surface area contributed by atoms with E-state index in [0.717, 1.165) is 0 Å². The van der Waals surface area contributed by atoms with E-state index in [-0.39, 0.29) is 40.0 Å². The van der Waals surface area contributed by atoms with Crippen LogP contribution in [0.4, 0.5) is 5.88 Å². The van der Waals surface area contributed by atoms with Gasteiger partial charge in [-0.2, -0.15) is 0 Å². The molecule has 1 aromatic heterocycles. The maximum Gasteiger partial charge on any atom is 0.342 e. The van der Waals surface area contributed by atoms with Crippen molar-refractivity contribution in [2.75, 3.05) is 18.5 Å². The zero-order valence-electron chi connectivity index (χ0n) is 15.0. The lowest BCUT2D eigenvalue weighted by molar-refractivity contribution is -0.119. The number of hydrogen-bond donors (Lipinski definition) is 2. The molecule has 9 nitrogen and oxygen atoms in total. The molecule has 2 amide bonds. The minimum atomic E-state index is -0.997. The molecule has 1 heterocycles. The standard InChI is InChI=1S/C18H17ClN2O7/c1-3-26-18(25)13-9(2)28-16(14(13)15(20)23)21-12(22)8-27-17(24)10-6-4-5-7-11(10)19/h4-7H,3,8H2,1-2H3,(H2,20,23)(H,21,22). The Labute approximate surface area is 164 Å². The summed E-state index contributed by atoms with van der Waals surface area (Å²) >= 11 is 5.88. The summed E-state index contributed by atoms with van der Waals surface area (Å²) in [5.41, 5.74) is 4.87. The number of rotatable bonds is 7. The Bertz CT molecular complexity index is 936. The van der Waals surface area contributed by atoms with Gasteiger partial charge in [0.1, 0.15) is 16.9 Å². The molecular formula is C18H17ClN2O7. The van der Waals surface area contributed by atoms with E-state index in [1.54, 1.807) is 19.1 Å². The summed E-state index contributed by atoms with van der Waals surface area (Å²) in [5.74, 6) is -3.74. The Morgan fingerprint density at radius 3 is 2.39 bits per heavy atom. The fourth-order valence-electron chi connectivity index (χ4n) is 2.32. The van der Waals surface area contributed by atoms with Crippen molar-refractivity contribution in [3.05, 3.63) is 51.7 Å². The molecule has 0 saturated heterocycles. The second kappa shape index (κ2) is 9.05.